The summed E-state index contributed by atoms with van der Waals surface area (Å²) in [6, 6.07) is 0. The maximum atomic E-state index is 9.72. The zero-order valence-corrected chi connectivity index (χ0v) is 10.9. The first-order valence-electron chi connectivity index (χ1n) is 2.10. The van der Waals surface area contributed by atoms with Gasteiger partial charge >= 0.3 is 58.2 Å². The molecule has 4 nitrogen and oxygen atoms in total. The second-order valence-electron chi connectivity index (χ2n) is 1.34. The molecular weight excluding hydrogens is 218 g/mol. The van der Waals surface area contributed by atoms with E-state index in [0.717, 1.165) is 0 Å². The fourth-order valence-electron chi connectivity index (χ4n) is 0.241. The van der Waals surface area contributed by atoms with Crippen LogP contribution in [-0.2, 0) is 10.1 Å². The fraction of sp³-hybridized carbons (Fsp3) is 1.00. The van der Waals surface area contributed by atoms with Gasteiger partial charge in [-0.25, -0.2) is 8.42 Å². The van der Waals surface area contributed by atoms with Gasteiger partial charge in [-0.05, 0) is 6.42 Å². The minimum atomic E-state index is -4.10. The van der Waals surface area contributed by atoms with Crippen LogP contribution in [0.1, 0.15) is 6.42 Å². The van der Waals surface area contributed by atoms with Gasteiger partial charge in [-0.2, -0.15) is 0 Å². The number of aliphatic hydroxyl groups is 1. The van der Waals surface area contributed by atoms with Crippen LogP contribution < -0.4 is 58.2 Å². The summed E-state index contributed by atoms with van der Waals surface area (Å²) in [6.07, 6.45) is 0.0336. The number of hydrogen-bond acceptors (Lipinski definition) is 4. The Bertz CT molecular complexity index is 140. The van der Waals surface area contributed by atoms with E-state index >= 15 is 0 Å². The number of rotatable bonds is 3. The van der Waals surface area contributed by atoms with E-state index in [1.165, 1.54) is 0 Å². The van der Waals surface area contributed by atoms with Crippen molar-refractivity contribution in [3.8, 4) is 0 Å². The average Bonchev–Trinajstić information content (AvgIpc) is 1.59. The predicted molar refractivity (Wildman–Crippen MR) is 26.3 cm³/mol. The molecule has 0 aliphatic heterocycles. The molecule has 0 atom stereocenters. The Morgan fingerprint density at radius 1 is 1.44 bits per heavy atom. The van der Waals surface area contributed by atoms with Gasteiger partial charge in [0.25, 0.3) is 0 Å². The fourth-order valence-corrected chi connectivity index (χ4v) is 0.724. The summed E-state index contributed by atoms with van der Waals surface area (Å²) in [4.78, 5) is 0. The van der Waals surface area contributed by atoms with Crippen LogP contribution in [-0.4, -0.2) is 30.4 Å². The van der Waals surface area contributed by atoms with Crippen molar-refractivity contribution in [2.75, 3.05) is 12.4 Å². The second kappa shape index (κ2) is 6.39. The number of hydrogen-bond donors (Lipinski definition) is 1. The third-order valence-corrected chi connectivity index (χ3v) is 1.34. The maximum absolute atomic E-state index is 9.72. The van der Waals surface area contributed by atoms with Crippen LogP contribution in [0.4, 0.5) is 0 Å². The van der Waals surface area contributed by atoms with Crippen molar-refractivity contribution in [1.29, 1.82) is 0 Å². The molecule has 0 spiro atoms. The molecule has 0 saturated heterocycles. The van der Waals surface area contributed by atoms with E-state index in [0.29, 0.717) is 0 Å². The van der Waals surface area contributed by atoms with Gasteiger partial charge in [0.2, 0.25) is 0 Å². The molecule has 6 heteroatoms. The molecule has 9 heavy (non-hydrogen) atoms. The van der Waals surface area contributed by atoms with Crippen LogP contribution >= 0.6 is 0 Å². The third-order valence-electron chi connectivity index (χ3n) is 0.552. The summed E-state index contributed by atoms with van der Waals surface area (Å²) in [5, 5.41) is 8.03. The Labute approximate surface area is 103 Å². The zero-order valence-electron chi connectivity index (χ0n) is 5.20. The van der Waals surface area contributed by atoms with E-state index < -0.39 is 15.9 Å². The summed E-state index contributed by atoms with van der Waals surface area (Å²) in [7, 11) is -4.10. The summed E-state index contributed by atoms with van der Waals surface area (Å²) in [6.45, 7) is -0.249. The Hall–Kier alpha value is 1.68. The van der Waals surface area contributed by atoms with E-state index in [2.05, 4.69) is 0 Å². The van der Waals surface area contributed by atoms with E-state index in [1.807, 2.05) is 0 Å². The van der Waals surface area contributed by atoms with Crippen LogP contribution in [0.5, 0.6) is 0 Å². The largest absolute Gasteiger partial charge is 1.00 e. The molecule has 0 radical (unpaired) electrons. The van der Waals surface area contributed by atoms with E-state index in [1.54, 1.807) is 0 Å². The van der Waals surface area contributed by atoms with Crippen molar-refractivity contribution in [3.63, 3.8) is 0 Å². The first kappa shape index (κ1) is 13.3. The molecule has 1 N–H and O–H groups in total. The summed E-state index contributed by atoms with van der Waals surface area (Å²) in [5.74, 6) is -0.469. The van der Waals surface area contributed by atoms with Crippen molar-refractivity contribution in [1.82, 2.24) is 0 Å². The Morgan fingerprint density at radius 3 is 2.00 bits per heavy atom. The molecule has 0 bridgehead atoms. The van der Waals surface area contributed by atoms with Crippen LogP contribution in [0.3, 0.4) is 0 Å². The summed E-state index contributed by atoms with van der Waals surface area (Å²) in [5.41, 5.74) is 0. The quantitative estimate of drug-likeness (QED) is 0.495. The second-order valence-corrected chi connectivity index (χ2v) is 2.86. The van der Waals surface area contributed by atoms with Gasteiger partial charge in [-0.1, -0.05) is 0 Å². The Balaban J connectivity index is 0. The van der Waals surface area contributed by atoms with E-state index in [9.17, 15) is 13.0 Å². The average molecular weight is 225 g/mol. The topological polar surface area (TPSA) is 77.4 Å². The molecule has 50 valence electrons. The van der Waals surface area contributed by atoms with Crippen molar-refractivity contribution in [2.24, 2.45) is 0 Å². The van der Waals surface area contributed by atoms with Crippen LogP contribution in [0.2, 0.25) is 0 Å². The predicted octanol–water partition coefficient (Wildman–Crippen LogP) is -4.08. The smallest absolute Gasteiger partial charge is 0.748 e. The minimum absolute atomic E-state index is 0. The van der Waals surface area contributed by atoms with Gasteiger partial charge in [0.05, 0.1) is 10.1 Å². The van der Waals surface area contributed by atoms with Gasteiger partial charge in [0.15, 0.2) is 0 Å². The van der Waals surface area contributed by atoms with E-state index in [-0.39, 0.29) is 71.2 Å². The molecule has 0 aromatic rings. The van der Waals surface area contributed by atoms with Crippen molar-refractivity contribution < 1.29 is 76.3 Å². The molecule has 0 saturated carbocycles. The van der Waals surface area contributed by atoms with E-state index in [4.69, 9.17) is 5.11 Å². The number of aliphatic hydroxyl groups excluding tert-OH is 1. The summed E-state index contributed by atoms with van der Waals surface area (Å²) >= 11 is 0. The van der Waals surface area contributed by atoms with Gasteiger partial charge in [0.1, 0.15) is 0 Å². The molecule has 0 fully saturated rings. The van der Waals surface area contributed by atoms with Gasteiger partial charge < -0.3 is 9.66 Å². The first-order valence-corrected chi connectivity index (χ1v) is 3.68. The minimum Gasteiger partial charge on any atom is -0.748 e. The van der Waals surface area contributed by atoms with Gasteiger partial charge in [0, 0.05) is 12.4 Å². The van der Waals surface area contributed by atoms with Crippen molar-refractivity contribution in [3.05, 3.63) is 0 Å². The molecule has 0 aliphatic carbocycles. The molecule has 0 unspecified atom stereocenters. The molecule has 0 aromatic heterocycles. The zero-order chi connectivity index (χ0) is 6.62. The Morgan fingerprint density at radius 2 is 1.89 bits per heavy atom. The van der Waals surface area contributed by atoms with Crippen LogP contribution in [0, 0.1) is 0 Å². The van der Waals surface area contributed by atoms with Crippen LogP contribution in [0.25, 0.3) is 0 Å². The molecule has 0 aromatic carbocycles. The standard InChI is InChI=1S/C3H8O4S.Rb/c4-2-1-3-8(5,6)7;/h4H,1-3H2,(H,5,6,7);/q;+1/p-1. The molecule has 0 rings (SSSR count). The first-order chi connectivity index (χ1) is 3.56. The summed E-state index contributed by atoms with van der Waals surface area (Å²) < 4.78 is 29.2. The molecular formula is C3H7O4RbS. The normalized spacial score (nSPS) is 10.4. The van der Waals surface area contributed by atoms with Crippen molar-refractivity contribution in [2.45, 2.75) is 6.42 Å². The monoisotopic (exact) mass is 224 g/mol. The molecule has 0 amide bonds. The van der Waals surface area contributed by atoms with Gasteiger partial charge in [-0.3, -0.25) is 0 Å². The maximum Gasteiger partial charge on any atom is 1.00 e. The van der Waals surface area contributed by atoms with Gasteiger partial charge in [-0.15, -0.1) is 0 Å². The SMILES string of the molecule is O=S(=O)([O-])CCCO.[Rb+]. The van der Waals surface area contributed by atoms with Crippen molar-refractivity contribution >= 4 is 10.1 Å². The molecule has 0 heterocycles. The third kappa shape index (κ3) is 12.8. The van der Waals surface area contributed by atoms with Crippen LogP contribution in [0.15, 0.2) is 0 Å². The Kier molecular flexibility index (Phi) is 9.43. The molecule has 0 aliphatic rings.